The van der Waals surface area contributed by atoms with Crippen LogP contribution < -0.4 is 5.32 Å². The van der Waals surface area contributed by atoms with Gasteiger partial charge in [0.1, 0.15) is 0 Å². The van der Waals surface area contributed by atoms with Crippen molar-refractivity contribution in [2.45, 2.75) is 13.5 Å². The molecule has 0 heterocycles. The minimum Gasteiger partial charge on any atom is -0.505 e. The van der Waals surface area contributed by atoms with Gasteiger partial charge in [0.25, 0.3) is 0 Å². The Balaban J connectivity index is 2.14. The number of hydrogen-bond donors (Lipinski definition) is 2. The molecule has 0 saturated carbocycles. The standard InChI is InChI=1S/C14H12BrCl2NO/c1-8-2-3-9(11(15)4-8)7-18-10-5-12(16)14(19)13(17)6-10/h2-6,18-19H,7H2,1H3. The van der Waals surface area contributed by atoms with Gasteiger partial charge < -0.3 is 10.4 Å². The highest BCUT2D eigenvalue weighted by atomic mass is 79.9. The van der Waals surface area contributed by atoms with Crippen LogP contribution in [0, 0.1) is 6.92 Å². The topological polar surface area (TPSA) is 32.3 Å². The van der Waals surface area contributed by atoms with Gasteiger partial charge in [-0.05, 0) is 36.2 Å². The van der Waals surface area contributed by atoms with E-state index in [-0.39, 0.29) is 15.8 Å². The highest BCUT2D eigenvalue weighted by Gasteiger charge is 2.07. The highest BCUT2D eigenvalue weighted by Crippen LogP contribution is 2.34. The van der Waals surface area contributed by atoms with Gasteiger partial charge in [-0.25, -0.2) is 0 Å². The predicted octanol–water partition coefficient (Wildman–Crippen LogP) is 5.38. The molecule has 0 atom stereocenters. The van der Waals surface area contributed by atoms with Gasteiger partial charge in [-0.2, -0.15) is 0 Å². The molecule has 5 heteroatoms. The maximum absolute atomic E-state index is 9.49. The molecule has 0 aliphatic heterocycles. The first-order valence-electron chi connectivity index (χ1n) is 5.64. The smallest absolute Gasteiger partial charge is 0.152 e. The Morgan fingerprint density at radius 2 is 1.79 bits per heavy atom. The molecule has 19 heavy (non-hydrogen) atoms. The minimum absolute atomic E-state index is 0.0922. The summed E-state index contributed by atoms with van der Waals surface area (Å²) in [6, 6.07) is 9.46. The van der Waals surface area contributed by atoms with Gasteiger partial charge in [-0.3, -0.25) is 0 Å². The summed E-state index contributed by atoms with van der Waals surface area (Å²) in [5.41, 5.74) is 3.09. The van der Waals surface area contributed by atoms with Crippen molar-refractivity contribution in [3.8, 4) is 5.75 Å². The van der Waals surface area contributed by atoms with E-state index in [2.05, 4.69) is 39.4 Å². The molecule has 0 radical (unpaired) electrons. The fourth-order valence-corrected chi connectivity index (χ4v) is 2.78. The lowest BCUT2D eigenvalue weighted by molar-refractivity contribution is 0.476. The SMILES string of the molecule is Cc1ccc(CNc2cc(Cl)c(O)c(Cl)c2)c(Br)c1. The second kappa shape index (κ2) is 6.04. The number of aryl methyl sites for hydroxylation is 1. The van der Waals surface area contributed by atoms with E-state index >= 15 is 0 Å². The summed E-state index contributed by atoms with van der Waals surface area (Å²) in [5, 5.41) is 13.2. The molecule has 0 aromatic heterocycles. The fraction of sp³-hybridized carbons (Fsp3) is 0.143. The molecular formula is C14H12BrCl2NO. The van der Waals surface area contributed by atoms with Gasteiger partial charge in [-0.1, -0.05) is 51.3 Å². The number of nitrogens with one attached hydrogen (secondary N) is 1. The third kappa shape index (κ3) is 3.56. The summed E-state index contributed by atoms with van der Waals surface area (Å²) in [6.45, 7) is 2.68. The molecule has 0 amide bonds. The van der Waals surface area contributed by atoms with Crippen LogP contribution in [0.25, 0.3) is 0 Å². The summed E-state index contributed by atoms with van der Waals surface area (Å²) in [7, 11) is 0. The van der Waals surface area contributed by atoms with Crippen molar-refractivity contribution < 1.29 is 5.11 Å². The molecule has 0 saturated heterocycles. The maximum Gasteiger partial charge on any atom is 0.152 e. The number of rotatable bonds is 3. The number of anilines is 1. The Kier molecular flexibility index (Phi) is 4.61. The van der Waals surface area contributed by atoms with Crippen LogP contribution in [0.4, 0.5) is 5.69 Å². The number of halogens is 3. The third-order valence-electron chi connectivity index (χ3n) is 2.71. The molecule has 2 aromatic rings. The van der Waals surface area contributed by atoms with Crippen molar-refractivity contribution in [2.75, 3.05) is 5.32 Å². The Hall–Kier alpha value is -0.900. The van der Waals surface area contributed by atoms with Gasteiger partial charge in [-0.15, -0.1) is 0 Å². The van der Waals surface area contributed by atoms with Gasteiger partial charge >= 0.3 is 0 Å². The van der Waals surface area contributed by atoms with Crippen LogP contribution in [-0.4, -0.2) is 5.11 Å². The molecule has 0 aliphatic rings. The summed E-state index contributed by atoms with van der Waals surface area (Å²) in [6.07, 6.45) is 0. The molecule has 100 valence electrons. The third-order valence-corrected chi connectivity index (χ3v) is 4.02. The molecule has 0 spiro atoms. The number of phenolic OH excluding ortho intramolecular Hbond substituents is 1. The van der Waals surface area contributed by atoms with Crippen molar-refractivity contribution in [2.24, 2.45) is 0 Å². The molecule has 2 nitrogen and oxygen atoms in total. The molecule has 2 N–H and O–H groups in total. The monoisotopic (exact) mass is 359 g/mol. The number of phenols is 1. The summed E-state index contributed by atoms with van der Waals surface area (Å²) >= 11 is 15.3. The lowest BCUT2D eigenvalue weighted by Gasteiger charge is -2.10. The van der Waals surface area contributed by atoms with Gasteiger partial charge in [0, 0.05) is 16.7 Å². The predicted molar refractivity (Wildman–Crippen MR) is 84.3 cm³/mol. The highest BCUT2D eigenvalue weighted by molar-refractivity contribution is 9.10. The Labute approximate surface area is 130 Å². The first kappa shape index (κ1) is 14.5. The minimum atomic E-state index is -0.0922. The Morgan fingerprint density at radius 1 is 1.16 bits per heavy atom. The van der Waals surface area contributed by atoms with Crippen LogP contribution in [0.2, 0.25) is 10.0 Å². The largest absolute Gasteiger partial charge is 0.505 e. The Morgan fingerprint density at radius 3 is 2.37 bits per heavy atom. The van der Waals surface area contributed by atoms with Crippen LogP contribution in [0.15, 0.2) is 34.8 Å². The van der Waals surface area contributed by atoms with Crippen molar-refractivity contribution in [1.82, 2.24) is 0 Å². The number of benzene rings is 2. The first-order chi connectivity index (χ1) is 8.97. The van der Waals surface area contributed by atoms with E-state index in [1.807, 2.05) is 6.92 Å². The molecule has 2 rings (SSSR count). The van der Waals surface area contributed by atoms with Crippen LogP contribution >= 0.6 is 39.1 Å². The van der Waals surface area contributed by atoms with Crippen molar-refractivity contribution in [3.05, 3.63) is 56.0 Å². The van der Waals surface area contributed by atoms with Gasteiger partial charge in [0.2, 0.25) is 0 Å². The summed E-state index contributed by atoms with van der Waals surface area (Å²) < 4.78 is 1.05. The normalized spacial score (nSPS) is 10.5. The number of hydrogen-bond acceptors (Lipinski definition) is 2. The molecular weight excluding hydrogens is 349 g/mol. The van der Waals surface area contributed by atoms with Crippen LogP contribution in [0.3, 0.4) is 0 Å². The second-order valence-corrected chi connectivity index (χ2v) is 5.91. The van der Waals surface area contributed by atoms with E-state index in [4.69, 9.17) is 23.2 Å². The van der Waals surface area contributed by atoms with Gasteiger partial charge in [0.05, 0.1) is 10.0 Å². The van der Waals surface area contributed by atoms with Crippen molar-refractivity contribution in [3.63, 3.8) is 0 Å². The van der Waals surface area contributed by atoms with Gasteiger partial charge in [0.15, 0.2) is 5.75 Å². The van der Waals surface area contributed by atoms with E-state index in [0.29, 0.717) is 6.54 Å². The summed E-state index contributed by atoms with van der Waals surface area (Å²) in [4.78, 5) is 0. The second-order valence-electron chi connectivity index (χ2n) is 4.24. The quantitative estimate of drug-likeness (QED) is 0.720. The first-order valence-corrected chi connectivity index (χ1v) is 7.19. The van der Waals surface area contributed by atoms with E-state index in [9.17, 15) is 5.11 Å². The molecule has 2 aromatic carbocycles. The average molecular weight is 361 g/mol. The van der Waals surface area contributed by atoms with Crippen LogP contribution in [0.5, 0.6) is 5.75 Å². The van der Waals surface area contributed by atoms with Crippen molar-refractivity contribution >= 4 is 44.8 Å². The summed E-state index contributed by atoms with van der Waals surface area (Å²) in [5.74, 6) is -0.0922. The van der Waals surface area contributed by atoms with E-state index < -0.39 is 0 Å². The molecule has 0 bridgehead atoms. The van der Waals surface area contributed by atoms with Crippen molar-refractivity contribution in [1.29, 1.82) is 0 Å². The molecule has 0 aliphatic carbocycles. The lowest BCUT2D eigenvalue weighted by atomic mass is 10.1. The zero-order chi connectivity index (χ0) is 14.0. The fourth-order valence-electron chi connectivity index (χ4n) is 1.66. The zero-order valence-electron chi connectivity index (χ0n) is 10.2. The molecule has 0 fully saturated rings. The van der Waals surface area contributed by atoms with E-state index in [0.717, 1.165) is 15.7 Å². The van der Waals surface area contributed by atoms with Crippen LogP contribution in [-0.2, 0) is 6.54 Å². The molecule has 0 unspecified atom stereocenters. The average Bonchev–Trinajstić information content (AvgIpc) is 2.34. The lowest BCUT2D eigenvalue weighted by Crippen LogP contribution is -2.00. The maximum atomic E-state index is 9.49. The zero-order valence-corrected chi connectivity index (χ0v) is 13.3. The van der Waals surface area contributed by atoms with E-state index in [1.165, 1.54) is 5.56 Å². The van der Waals surface area contributed by atoms with E-state index in [1.54, 1.807) is 12.1 Å². The van der Waals surface area contributed by atoms with Crippen LogP contribution in [0.1, 0.15) is 11.1 Å². The number of aromatic hydroxyl groups is 1. The Bertz CT molecular complexity index is 593.